The zero-order valence-electron chi connectivity index (χ0n) is 11.9. The first-order valence-corrected chi connectivity index (χ1v) is 7.26. The number of benzene rings is 1. The van der Waals surface area contributed by atoms with Crippen LogP contribution in [0.1, 0.15) is 42.1 Å². The number of hydrogen-bond acceptors (Lipinski definition) is 2. The minimum absolute atomic E-state index is 0.287. The first-order chi connectivity index (χ1) is 9.76. The summed E-state index contributed by atoms with van der Waals surface area (Å²) in [4.78, 5) is 0. The summed E-state index contributed by atoms with van der Waals surface area (Å²) in [6.45, 7) is 0.837. The van der Waals surface area contributed by atoms with E-state index in [1.165, 1.54) is 17.5 Å². The van der Waals surface area contributed by atoms with Crippen molar-refractivity contribution in [1.29, 1.82) is 0 Å². The molecule has 1 aliphatic carbocycles. The molecule has 1 aliphatic rings. The molecule has 0 saturated carbocycles. The summed E-state index contributed by atoms with van der Waals surface area (Å²) in [5, 5.41) is 10.2. The number of aliphatic hydroxyl groups excluding tert-OH is 1. The number of fused-ring (bicyclic) bond motifs is 1. The van der Waals surface area contributed by atoms with Gasteiger partial charge in [-0.05, 0) is 42.5 Å². The Bertz CT molecular complexity index is 571. The monoisotopic (exact) mass is 271 g/mol. The van der Waals surface area contributed by atoms with Gasteiger partial charge in [-0.25, -0.2) is 0 Å². The number of methoxy groups -OCH3 is 1. The molecule has 20 heavy (non-hydrogen) atoms. The molecule has 3 nitrogen and oxygen atoms in total. The van der Waals surface area contributed by atoms with Crippen molar-refractivity contribution in [1.82, 2.24) is 4.57 Å². The molecule has 2 aromatic rings. The van der Waals surface area contributed by atoms with Crippen LogP contribution in [0.2, 0.25) is 0 Å². The number of ether oxygens (including phenoxy) is 1. The smallest absolute Gasteiger partial charge is 0.118 e. The van der Waals surface area contributed by atoms with Crippen molar-refractivity contribution in [3.63, 3.8) is 0 Å². The Morgan fingerprint density at radius 2 is 2.00 bits per heavy atom. The van der Waals surface area contributed by atoms with Gasteiger partial charge < -0.3 is 14.4 Å². The zero-order valence-corrected chi connectivity index (χ0v) is 11.9. The van der Waals surface area contributed by atoms with Crippen LogP contribution >= 0.6 is 0 Å². The third kappa shape index (κ3) is 2.73. The van der Waals surface area contributed by atoms with Crippen molar-refractivity contribution in [3.05, 3.63) is 53.3 Å². The topological polar surface area (TPSA) is 34.4 Å². The highest BCUT2D eigenvalue weighted by Crippen LogP contribution is 2.29. The molecule has 0 radical (unpaired) electrons. The molecule has 1 unspecified atom stereocenters. The molecular weight excluding hydrogens is 250 g/mol. The molecule has 3 rings (SSSR count). The van der Waals surface area contributed by atoms with Crippen LogP contribution in [0.3, 0.4) is 0 Å². The number of nitrogens with zero attached hydrogens (tertiary/aromatic N) is 1. The van der Waals surface area contributed by atoms with Crippen LogP contribution < -0.4 is 4.74 Å². The summed E-state index contributed by atoms with van der Waals surface area (Å²) in [7, 11) is 1.68. The number of hydrogen-bond donors (Lipinski definition) is 1. The Morgan fingerprint density at radius 3 is 2.75 bits per heavy atom. The van der Waals surface area contributed by atoms with Gasteiger partial charge >= 0.3 is 0 Å². The SMILES string of the molecule is COc1ccc(Cn2cc3c(c2)C(O)CCCC3)cc1. The van der Waals surface area contributed by atoms with Crippen LogP contribution in [0.4, 0.5) is 0 Å². The third-order valence-electron chi connectivity index (χ3n) is 4.05. The fourth-order valence-corrected chi connectivity index (χ4v) is 2.92. The first kappa shape index (κ1) is 13.3. The van der Waals surface area contributed by atoms with E-state index < -0.39 is 0 Å². The lowest BCUT2D eigenvalue weighted by molar-refractivity contribution is 0.166. The van der Waals surface area contributed by atoms with Crippen molar-refractivity contribution in [3.8, 4) is 5.75 Å². The number of aromatic nitrogens is 1. The fraction of sp³-hybridized carbons (Fsp3) is 0.412. The van der Waals surface area contributed by atoms with E-state index in [1.807, 2.05) is 12.1 Å². The Morgan fingerprint density at radius 1 is 1.20 bits per heavy atom. The summed E-state index contributed by atoms with van der Waals surface area (Å²) < 4.78 is 7.36. The van der Waals surface area contributed by atoms with Crippen molar-refractivity contribution in [2.24, 2.45) is 0 Å². The maximum Gasteiger partial charge on any atom is 0.118 e. The maximum absolute atomic E-state index is 10.2. The molecule has 0 saturated heterocycles. The lowest BCUT2D eigenvalue weighted by Crippen LogP contribution is -1.98. The third-order valence-corrected chi connectivity index (χ3v) is 4.05. The van der Waals surface area contributed by atoms with E-state index in [-0.39, 0.29) is 6.10 Å². The molecular formula is C17H21NO2. The predicted octanol–water partition coefficient (Wildman–Crippen LogP) is 3.30. The molecule has 0 aliphatic heterocycles. The molecule has 0 bridgehead atoms. The Hall–Kier alpha value is -1.74. The highest BCUT2D eigenvalue weighted by Gasteiger charge is 2.18. The molecule has 1 heterocycles. The van der Waals surface area contributed by atoms with Crippen LogP contribution in [-0.2, 0) is 13.0 Å². The highest BCUT2D eigenvalue weighted by atomic mass is 16.5. The van der Waals surface area contributed by atoms with Crippen LogP contribution in [-0.4, -0.2) is 16.8 Å². The van der Waals surface area contributed by atoms with Gasteiger partial charge in [0, 0.05) is 24.5 Å². The van der Waals surface area contributed by atoms with Gasteiger partial charge in [-0.2, -0.15) is 0 Å². The van der Waals surface area contributed by atoms with Gasteiger partial charge in [0.15, 0.2) is 0 Å². The van der Waals surface area contributed by atoms with Crippen LogP contribution in [0.15, 0.2) is 36.7 Å². The Balaban J connectivity index is 1.79. The quantitative estimate of drug-likeness (QED) is 0.869. The lowest BCUT2D eigenvalue weighted by Gasteiger charge is -2.07. The van der Waals surface area contributed by atoms with Crippen molar-refractivity contribution >= 4 is 0 Å². The number of aryl methyl sites for hydroxylation is 1. The largest absolute Gasteiger partial charge is 0.497 e. The molecule has 0 spiro atoms. The fourth-order valence-electron chi connectivity index (χ4n) is 2.92. The van der Waals surface area contributed by atoms with E-state index >= 15 is 0 Å². The molecule has 1 aromatic carbocycles. The Labute approximate surface area is 119 Å². The van der Waals surface area contributed by atoms with E-state index in [0.717, 1.165) is 37.1 Å². The summed E-state index contributed by atoms with van der Waals surface area (Å²) in [6.07, 6.45) is 8.28. The van der Waals surface area contributed by atoms with Gasteiger partial charge in [-0.3, -0.25) is 0 Å². The Kier molecular flexibility index (Phi) is 3.79. The normalized spacial score (nSPS) is 18.4. The second kappa shape index (κ2) is 5.71. The van der Waals surface area contributed by atoms with Gasteiger partial charge in [0.05, 0.1) is 13.2 Å². The van der Waals surface area contributed by atoms with Gasteiger partial charge in [0.25, 0.3) is 0 Å². The van der Waals surface area contributed by atoms with E-state index in [4.69, 9.17) is 4.74 Å². The summed E-state index contributed by atoms with van der Waals surface area (Å²) in [5.74, 6) is 0.882. The molecule has 106 valence electrons. The molecule has 3 heteroatoms. The van der Waals surface area contributed by atoms with Crippen molar-refractivity contribution in [2.45, 2.75) is 38.3 Å². The zero-order chi connectivity index (χ0) is 13.9. The average molecular weight is 271 g/mol. The number of rotatable bonds is 3. The summed E-state index contributed by atoms with van der Waals surface area (Å²) in [5.41, 5.74) is 3.67. The molecule has 1 N–H and O–H groups in total. The van der Waals surface area contributed by atoms with E-state index in [0.29, 0.717) is 0 Å². The summed E-state index contributed by atoms with van der Waals surface area (Å²) >= 11 is 0. The molecule has 0 amide bonds. The minimum Gasteiger partial charge on any atom is -0.497 e. The summed E-state index contributed by atoms with van der Waals surface area (Å²) in [6, 6.07) is 8.14. The van der Waals surface area contributed by atoms with Crippen LogP contribution in [0, 0.1) is 0 Å². The average Bonchev–Trinajstić information content (AvgIpc) is 2.79. The highest BCUT2D eigenvalue weighted by molar-refractivity contribution is 5.30. The second-order valence-electron chi connectivity index (χ2n) is 5.52. The standard InChI is InChI=1S/C17H21NO2/c1-20-15-8-6-13(7-9-15)10-18-11-14-4-2-3-5-17(19)16(14)12-18/h6-9,11-12,17,19H,2-5,10H2,1H3. The van der Waals surface area contributed by atoms with Crippen LogP contribution in [0.5, 0.6) is 5.75 Å². The first-order valence-electron chi connectivity index (χ1n) is 7.26. The maximum atomic E-state index is 10.2. The van der Waals surface area contributed by atoms with Crippen LogP contribution in [0.25, 0.3) is 0 Å². The van der Waals surface area contributed by atoms with Crippen molar-refractivity contribution < 1.29 is 9.84 Å². The van der Waals surface area contributed by atoms with Gasteiger partial charge in [0.1, 0.15) is 5.75 Å². The van der Waals surface area contributed by atoms with Gasteiger partial charge in [0.2, 0.25) is 0 Å². The minimum atomic E-state index is -0.287. The van der Waals surface area contributed by atoms with Gasteiger partial charge in [-0.15, -0.1) is 0 Å². The van der Waals surface area contributed by atoms with E-state index in [1.54, 1.807) is 7.11 Å². The van der Waals surface area contributed by atoms with Gasteiger partial charge in [-0.1, -0.05) is 18.6 Å². The van der Waals surface area contributed by atoms with E-state index in [9.17, 15) is 5.11 Å². The van der Waals surface area contributed by atoms with Crippen molar-refractivity contribution in [2.75, 3.05) is 7.11 Å². The number of aliphatic hydroxyl groups is 1. The molecule has 1 atom stereocenters. The molecule has 0 fully saturated rings. The molecule has 1 aromatic heterocycles. The van der Waals surface area contributed by atoms with E-state index in [2.05, 4.69) is 29.1 Å². The second-order valence-corrected chi connectivity index (χ2v) is 5.52. The predicted molar refractivity (Wildman–Crippen MR) is 79.0 cm³/mol. The lowest BCUT2D eigenvalue weighted by atomic mass is 10.1.